The maximum atomic E-state index is 12.2. The fourth-order valence-corrected chi connectivity index (χ4v) is 2.24. The Labute approximate surface area is 115 Å². The second-order valence-electron chi connectivity index (χ2n) is 3.66. The highest BCUT2D eigenvalue weighted by Gasteiger charge is 2.24. The fraction of sp³-hybridized carbons (Fsp3) is 0.700. The number of methoxy groups -OCH3 is 2. The number of amides is 1. The molecule has 8 heteroatoms. The van der Waals surface area contributed by atoms with E-state index in [0.29, 0.717) is 19.8 Å². The van der Waals surface area contributed by atoms with Gasteiger partial charge in [0.15, 0.2) is 0 Å². The summed E-state index contributed by atoms with van der Waals surface area (Å²) in [6, 6.07) is -0.0691. The number of ether oxygens (including phenoxy) is 2. The molecule has 0 aliphatic carbocycles. The number of nitrogens with zero attached hydrogens (tertiary/aromatic N) is 3. The van der Waals surface area contributed by atoms with Gasteiger partial charge in [0, 0.05) is 20.8 Å². The Morgan fingerprint density at radius 2 is 2.17 bits per heavy atom. The van der Waals surface area contributed by atoms with Crippen LogP contribution in [-0.2, 0) is 9.47 Å². The third-order valence-corrected chi connectivity index (χ3v) is 3.33. The topological polar surface area (TPSA) is 64.5 Å². The van der Waals surface area contributed by atoms with Crippen molar-refractivity contribution >= 4 is 28.8 Å². The Morgan fingerprint density at radius 1 is 1.44 bits per heavy atom. The van der Waals surface area contributed by atoms with Crippen molar-refractivity contribution in [2.75, 3.05) is 34.0 Å². The van der Waals surface area contributed by atoms with Gasteiger partial charge in [-0.3, -0.25) is 4.79 Å². The first-order valence-electron chi connectivity index (χ1n) is 5.38. The van der Waals surface area contributed by atoms with Crippen LogP contribution in [0.5, 0.6) is 0 Å². The van der Waals surface area contributed by atoms with Gasteiger partial charge >= 0.3 is 0 Å². The lowest BCUT2D eigenvalue weighted by Crippen LogP contribution is -2.43. The van der Waals surface area contributed by atoms with Crippen LogP contribution in [0.15, 0.2) is 0 Å². The molecule has 1 aromatic rings. The van der Waals surface area contributed by atoms with E-state index in [1.807, 2.05) is 6.92 Å². The standard InChI is InChI=1S/C10H16ClN3O3S/c1-7(6-17-3)14(4-5-16-2)9(15)8-12-13-10(11)18-8/h7H,4-6H2,1-3H3. The predicted molar refractivity (Wildman–Crippen MR) is 69.2 cm³/mol. The van der Waals surface area contributed by atoms with Gasteiger partial charge in [-0.2, -0.15) is 0 Å². The van der Waals surface area contributed by atoms with E-state index in [9.17, 15) is 4.79 Å². The molecule has 1 atom stereocenters. The summed E-state index contributed by atoms with van der Waals surface area (Å²) >= 11 is 6.74. The van der Waals surface area contributed by atoms with Crippen LogP contribution in [0.1, 0.15) is 16.7 Å². The van der Waals surface area contributed by atoms with Crippen molar-refractivity contribution in [1.82, 2.24) is 15.1 Å². The second kappa shape index (κ2) is 7.63. The highest BCUT2D eigenvalue weighted by Crippen LogP contribution is 2.17. The first-order valence-corrected chi connectivity index (χ1v) is 6.57. The Morgan fingerprint density at radius 3 is 2.67 bits per heavy atom. The molecule has 0 aliphatic heterocycles. The molecule has 18 heavy (non-hydrogen) atoms. The molecular formula is C10H16ClN3O3S. The monoisotopic (exact) mass is 293 g/mol. The minimum absolute atomic E-state index is 0.0691. The molecule has 0 radical (unpaired) electrons. The highest BCUT2D eigenvalue weighted by molar-refractivity contribution is 7.17. The largest absolute Gasteiger partial charge is 0.383 e. The van der Waals surface area contributed by atoms with E-state index in [1.165, 1.54) is 0 Å². The summed E-state index contributed by atoms with van der Waals surface area (Å²) in [5.41, 5.74) is 0. The summed E-state index contributed by atoms with van der Waals surface area (Å²) in [6.07, 6.45) is 0. The van der Waals surface area contributed by atoms with Crippen LogP contribution in [-0.4, -0.2) is 61.0 Å². The normalized spacial score (nSPS) is 12.4. The quantitative estimate of drug-likeness (QED) is 0.758. The molecule has 1 aromatic heterocycles. The second-order valence-corrected chi connectivity index (χ2v) is 5.22. The van der Waals surface area contributed by atoms with Gasteiger partial charge in [0.1, 0.15) is 0 Å². The van der Waals surface area contributed by atoms with Crippen LogP contribution in [0, 0.1) is 0 Å². The molecule has 0 aliphatic rings. The number of halogens is 1. The molecular weight excluding hydrogens is 278 g/mol. The zero-order valence-corrected chi connectivity index (χ0v) is 12.1. The molecule has 0 N–H and O–H groups in total. The van der Waals surface area contributed by atoms with Crippen LogP contribution < -0.4 is 0 Å². The maximum absolute atomic E-state index is 12.2. The number of rotatable bonds is 7. The van der Waals surface area contributed by atoms with Crippen molar-refractivity contribution in [2.45, 2.75) is 13.0 Å². The van der Waals surface area contributed by atoms with E-state index in [0.717, 1.165) is 11.3 Å². The molecule has 1 heterocycles. The first-order chi connectivity index (χ1) is 8.60. The molecule has 0 bridgehead atoms. The SMILES string of the molecule is COCCN(C(=O)c1nnc(Cl)s1)C(C)COC. The van der Waals surface area contributed by atoms with Crippen molar-refractivity contribution in [1.29, 1.82) is 0 Å². The third-order valence-electron chi connectivity index (χ3n) is 2.32. The lowest BCUT2D eigenvalue weighted by atomic mass is 10.3. The van der Waals surface area contributed by atoms with Gasteiger partial charge in [0.25, 0.3) is 5.91 Å². The minimum Gasteiger partial charge on any atom is -0.383 e. The molecule has 1 amide bonds. The lowest BCUT2D eigenvalue weighted by molar-refractivity contribution is 0.0478. The molecule has 0 aromatic carbocycles. The number of carbonyl (C=O) groups excluding carboxylic acids is 1. The van der Waals surface area contributed by atoms with Crippen LogP contribution in [0.25, 0.3) is 0 Å². The lowest BCUT2D eigenvalue weighted by Gasteiger charge is -2.27. The Bertz CT molecular complexity index is 388. The molecule has 0 fully saturated rings. The summed E-state index contributed by atoms with van der Waals surface area (Å²) in [7, 11) is 3.18. The zero-order valence-electron chi connectivity index (χ0n) is 10.6. The van der Waals surface area contributed by atoms with Gasteiger partial charge in [0.2, 0.25) is 9.47 Å². The average molecular weight is 294 g/mol. The Hall–Kier alpha value is -0.760. The predicted octanol–water partition coefficient (Wildman–Crippen LogP) is 1.31. The van der Waals surface area contributed by atoms with Gasteiger partial charge in [0.05, 0.1) is 19.3 Å². The van der Waals surface area contributed by atoms with Crippen LogP contribution in [0.4, 0.5) is 0 Å². The third kappa shape index (κ3) is 4.16. The van der Waals surface area contributed by atoms with Gasteiger partial charge in [-0.1, -0.05) is 11.3 Å². The van der Waals surface area contributed by atoms with E-state index >= 15 is 0 Å². The van der Waals surface area contributed by atoms with E-state index in [2.05, 4.69) is 10.2 Å². The average Bonchev–Trinajstić information content (AvgIpc) is 2.76. The summed E-state index contributed by atoms with van der Waals surface area (Å²) in [5, 5.41) is 7.66. The van der Waals surface area contributed by atoms with Crippen molar-refractivity contribution in [3.05, 3.63) is 9.47 Å². The summed E-state index contributed by atoms with van der Waals surface area (Å²) in [5.74, 6) is -0.207. The molecule has 6 nitrogen and oxygen atoms in total. The number of aromatic nitrogens is 2. The van der Waals surface area contributed by atoms with E-state index in [4.69, 9.17) is 21.1 Å². The van der Waals surface area contributed by atoms with Gasteiger partial charge in [-0.15, -0.1) is 10.2 Å². The summed E-state index contributed by atoms with van der Waals surface area (Å²) < 4.78 is 10.3. The fourth-order valence-electron chi connectivity index (χ4n) is 1.46. The summed E-state index contributed by atoms with van der Waals surface area (Å²) in [4.78, 5) is 13.9. The molecule has 102 valence electrons. The molecule has 1 rings (SSSR count). The number of hydrogen-bond donors (Lipinski definition) is 0. The number of hydrogen-bond acceptors (Lipinski definition) is 6. The Balaban J connectivity index is 2.77. The van der Waals surface area contributed by atoms with E-state index in [1.54, 1.807) is 19.1 Å². The number of carbonyl (C=O) groups is 1. The van der Waals surface area contributed by atoms with Crippen LogP contribution in [0.2, 0.25) is 4.47 Å². The molecule has 0 saturated carbocycles. The zero-order chi connectivity index (χ0) is 13.5. The molecule has 1 unspecified atom stereocenters. The first kappa shape index (κ1) is 15.3. The molecule has 0 saturated heterocycles. The van der Waals surface area contributed by atoms with Crippen LogP contribution >= 0.6 is 22.9 Å². The molecule has 0 spiro atoms. The smallest absolute Gasteiger partial charge is 0.285 e. The van der Waals surface area contributed by atoms with Crippen LogP contribution in [0.3, 0.4) is 0 Å². The van der Waals surface area contributed by atoms with Crippen molar-refractivity contribution in [3.8, 4) is 0 Å². The van der Waals surface area contributed by atoms with Gasteiger partial charge in [-0.05, 0) is 18.5 Å². The highest BCUT2D eigenvalue weighted by atomic mass is 35.5. The van der Waals surface area contributed by atoms with Crippen molar-refractivity contribution < 1.29 is 14.3 Å². The van der Waals surface area contributed by atoms with E-state index in [-0.39, 0.29) is 21.4 Å². The Kier molecular flexibility index (Phi) is 6.48. The minimum atomic E-state index is -0.207. The van der Waals surface area contributed by atoms with Crippen molar-refractivity contribution in [3.63, 3.8) is 0 Å². The van der Waals surface area contributed by atoms with E-state index < -0.39 is 0 Å². The van der Waals surface area contributed by atoms with Crippen molar-refractivity contribution in [2.24, 2.45) is 0 Å². The summed E-state index contributed by atoms with van der Waals surface area (Å²) in [6.45, 7) is 3.27. The maximum Gasteiger partial charge on any atom is 0.285 e. The van der Waals surface area contributed by atoms with Gasteiger partial charge in [-0.25, -0.2) is 0 Å². The van der Waals surface area contributed by atoms with Gasteiger partial charge < -0.3 is 14.4 Å².